The van der Waals surface area contributed by atoms with Gasteiger partial charge in [-0.05, 0) is 25.1 Å². The van der Waals surface area contributed by atoms with Crippen LogP contribution in [0.25, 0.3) is 0 Å². The monoisotopic (exact) mass is 601 g/mol. The number of amidine groups is 1. The number of halogens is 5. The maximum absolute atomic E-state index is 13.1. The second-order valence-electron chi connectivity index (χ2n) is 7.54. The lowest BCUT2D eigenvalue weighted by molar-refractivity contribution is -0.137. The molecule has 0 aliphatic heterocycles. The Bertz CT molecular complexity index is 1430. The Morgan fingerprint density at radius 1 is 1.21 bits per heavy atom. The van der Waals surface area contributed by atoms with Crippen LogP contribution in [0.4, 0.5) is 24.7 Å². The molecule has 0 aliphatic carbocycles. The van der Waals surface area contributed by atoms with E-state index in [0.717, 1.165) is 23.6 Å². The number of methoxy groups -OCH3 is 1. The summed E-state index contributed by atoms with van der Waals surface area (Å²) in [7, 11) is 2.93. The second-order valence-corrected chi connectivity index (χ2v) is 9.42. The van der Waals surface area contributed by atoms with Gasteiger partial charge in [-0.1, -0.05) is 23.2 Å². The fourth-order valence-corrected chi connectivity index (χ4v) is 4.25. The topological polar surface area (TPSA) is 130 Å². The van der Waals surface area contributed by atoms with Crippen molar-refractivity contribution in [1.82, 2.24) is 20.3 Å². The SMILES string of the molecule is CN=C(Nc1cccnc1OC)/C(Cl)=C/C(=O)NC(C)c1ncc(C(=O)Nc2cc(C(F)(F)F)c(Cl)cn2)s1. The number of pyridine rings is 2. The first-order valence-corrected chi connectivity index (χ1v) is 12.4. The van der Waals surface area contributed by atoms with Crippen LogP contribution in [0, 0.1) is 0 Å². The second kappa shape index (κ2) is 12.9. The molecule has 0 aromatic carbocycles. The summed E-state index contributed by atoms with van der Waals surface area (Å²) in [5, 5.41) is 7.66. The van der Waals surface area contributed by atoms with Crippen molar-refractivity contribution in [2.45, 2.75) is 19.1 Å². The summed E-state index contributed by atoms with van der Waals surface area (Å²) in [6.45, 7) is 1.63. The van der Waals surface area contributed by atoms with E-state index in [9.17, 15) is 22.8 Å². The molecule has 0 fully saturated rings. The quantitative estimate of drug-likeness (QED) is 0.181. The van der Waals surface area contributed by atoms with Crippen molar-refractivity contribution >= 4 is 63.7 Å². The summed E-state index contributed by atoms with van der Waals surface area (Å²) in [4.78, 5) is 41.1. The minimum Gasteiger partial charge on any atom is -0.480 e. The molecule has 39 heavy (non-hydrogen) atoms. The molecule has 0 bridgehead atoms. The molecule has 3 aromatic rings. The van der Waals surface area contributed by atoms with Crippen molar-refractivity contribution in [3.8, 4) is 5.88 Å². The van der Waals surface area contributed by atoms with Gasteiger partial charge in [0.25, 0.3) is 5.91 Å². The molecule has 206 valence electrons. The van der Waals surface area contributed by atoms with Crippen LogP contribution < -0.4 is 20.7 Å². The number of hydrogen-bond acceptors (Lipinski definition) is 8. The first kappa shape index (κ1) is 29.8. The Labute approximate surface area is 234 Å². The molecule has 3 N–H and O–H groups in total. The Morgan fingerprint density at radius 2 is 1.95 bits per heavy atom. The van der Waals surface area contributed by atoms with Gasteiger partial charge in [0, 0.05) is 25.5 Å². The number of nitrogens with one attached hydrogen (secondary N) is 3. The lowest BCUT2D eigenvalue weighted by atomic mass is 10.2. The number of hydrogen-bond donors (Lipinski definition) is 3. The molecule has 0 saturated carbocycles. The summed E-state index contributed by atoms with van der Waals surface area (Å²) in [6.07, 6.45) is -0.0271. The molecule has 1 unspecified atom stereocenters. The molecule has 10 nitrogen and oxygen atoms in total. The van der Waals surface area contributed by atoms with Gasteiger partial charge in [0.15, 0.2) is 0 Å². The highest BCUT2D eigenvalue weighted by molar-refractivity contribution is 7.13. The van der Waals surface area contributed by atoms with Gasteiger partial charge in [-0.25, -0.2) is 15.0 Å². The van der Waals surface area contributed by atoms with E-state index in [-0.39, 0.29) is 21.6 Å². The number of alkyl halides is 3. The number of anilines is 2. The molecule has 16 heteroatoms. The van der Waals surface area contributed by atoms with E-state index in [1.807, 2.05) is 0 Å². The predicted octanol–water partition coefficient (Wildman–Crippen LogP) is 5.31. The van der Waals surface area contributed by atoms with Gasteiger partial charge < -0.3 is 20.7 Å². The van der Waals surface area contributed by atoms with E-state index in [0.29, 0.717) is 22.6 Å². The van der Waals surface area contributed by atoms with Gasteiger partial charge in [0.05, 0.1) is 35.0 Å². The molecular weight excluding hydrogens is 582 g/mol. The standard InChI is InChI=1S/C23H20Cl2F3N7O3S/c1-11(33-18(36)8-13(24)19(29-2)34-15-5-4-6-30-21(15)38-3)22-32-10-16(39-22)20(37)35-17-7-12(23(26,27)28)14(25)9-31-17/h4-11H,1-3H3,(H,29,34)(H,33,36)(H,31,35,37)/b13-8-. The average Bonchev–Trinajstić information content (AvgIpc) is 3.38. The zero-order valence-electron chi connectivity index (χ0n) is 20.4. The Balaban J connectivity index is 1.64. The van der Waals surface area contributed by atoms with Gasteiger partial charge in [0.2, 0.25) is 11.8 Å². The minimum absolute atomic E-state index is 0.000928. The van der Waals surface area contributed by atoms with Crippen LogP contribution in [0.5, 0.6) is 5.88 Å². The number of aromatic nitrogens is 3. The lowest BCUT2D eigenvalue weighted by Gasteiger charge is -2.12. The third-order valence-corrected chi connectivity index (χ3v) is 6.57. The lowest BCUT2D eigenvalue weighted by Crippen LogP contribution is -2.25. The van der Waals surface area contributed by atoms with Crippen molar-refractivity contribution in [3.05, 3.63) is 68.4 Å². The van der Waals surface area contributed by atoms with Gasteiger partial charge in [0.1, 0.15) is 27.2 Å². The summed E-state index contributed by atoms with van der Waals surface area (Å²) < 4.78 is 44.4. The highest BCUT2D eigenvalue weighted by Gasteiger charge is 2.34. The molecule has 0 saturated heterocycles. The van der Waals surface area contributed by atoms with E-state index in [1.54, 1.807) is 25.3 Å². The molecule has 3 rings (SSSR count). The highest BCUT2D eigenvalue weighted by atomic mass is 35.5. The van der Waals surface area contributed by atoms with Crippen LogP contribution >= 0.6 is 34.5 Å². The van der Waals surface area contributed by atoms with Crippen molar-refractivity contribution in [3.63, 3.8) is 0 Å². The molecule has 3 heterocycles. The first-order valence-electron chi connectivity index (χ1n) is 10.8. The van der Waals surface area contributed by atoms with E-state index in [4.69, 9.17) is 27.9 Å². The van der Waals surface area contributed by atoms with Crippen molar-refractivity contribution in [1.29, 1.82) is 0 Å². The van der Waals surface area contributed by atoms with E-state index in [1.165, 1.54) is 20.4 Å². The molecule has 0 radical (unpaired) electrons. The fourth-order valence-electron chi connectivity index (χ4n) is 2.99. The number of amides is 2. The van der Waals surface area contributed by atoms with Gasteiger partial charge >= 0.3 is 6.18 Å². The van der Waals surface area contributed by atoms with E-state index < -0.39 is 34.6 Å². The van der Waals surface area contributed by atoms with Gasteiger partial charge in [-0.3, -0.25) is 14.6 Å². The van der Waals surface area contributed by atoms with Crippen LogP contribution in [0.15, 0.2) is 52.9 Å². The number of carbonyl (C=O) groups excluding carboxylic acids is 2. The third-order valence-electron chi connectivity index (χ3n) is 4.80. The molecule has 1 atom stereocenters. The summed E-state index contributed by atoms with van der Waals surface area (Å²) >= 11 is 12.8. The molecular formula is C23H20Cl2F3N7O3S. The van der Waals surface area contributed by atoms with Crippen molar-refractivity contribution in [2.24, 2.45) is 4.99 Å². The minimum atomic E-state index is -4.71. The fraction of sp³-hybridized carbons (Fsp3) is 0.217. The smallest absolute Gasteiger partial charge is 0.418 e. The number of carbonyl (C=O) groups is 2. The normalized spacial score (nSPS) is 13.0. The zero-order valence-corrected chi connectivity index (χ0v) is 22.8. The summed E-state index contributed by atoms with van der Waals surface area (Å²) in [5.41, 5.74) is -0.647. The van der Waals surface area contributed by atoms with Crippen LogP contribution in [-0.4, -0.2) is 46.8 Å². The van der Waals surface area contributed by atoms with Crippen LogP contribution in [0.1, 0.15) is 33.2 Å². The highest BCUT2D eigenvalue weighted by Crippen LogP contribution is 2.35. The number of ether oxygens (including phenoxy) is 1. The maximum Gasteiger partial charge on any atom is 0.418 e. The molecule has 2 amide bonds. The predicted molar refractivity (Wildman–Crippen MR) is 143 cm³/mol. The van der Waals surface area contributed by atoms with Crippen LogP contribution in [0.3, 0.4) is 0 Å². The average molecular weight is 602 g/mol. The zero-order chi connectivity index (χ0) is 28.7. The van der Waals surface area contributed by atoms with Crippen molar-refractivity contribution < 1.29 is 27.5 Å². The largest absolute Gasteiger partial charge is 0.480 e. The Hall–Kier alpha value is -3.75. The van der Waals surface area contributed by atoms with E-state index >= 15 is 0 Å². The Morgan fingerprint density at radius 3 is 2.62 bits per heavy atom. The van der Waals surface area contributed by atoms with Gasteiger partial charge in [-0.2, -0.15) is 13.2 Å². The van der Waals surface area contributed by atoms with Crippen molar-refractivity contribution in [2.75, 3.05) is 24.8 Å². The number of aliphatic imine (C=N–C) groups is 1. The van der Waals surface area contributed by atoms with Crippen LogP contribution in [-0.2, 0) is 11.0 Å². The molecule has 0 aliphatic rings. The number of nitrogens with zero attached hydrogens (tertiary/aromatic N) is 4. The molecule has 0 spiro atoms. The molecule has 3 aromatic heterocycles. The number of thiazole rings is 1. The first-order chi connectivity index (χ1) is 18.4. The number of rotatable bonds is 8. The van der Waals surface area contributed by atoms with Crippen LogP contribution in [0.2, 0.25) is 5.02 Å². The summed E-state index contributed by atoms with van der Waals surface area (Å²) in [6, 6.07) is 3.37. The third kappa shape index (κ3) is 7.88. The maximum atomic E-state index is 13.1. The van der Waals surface area contributed by atoms with Gasteiger partial charge in [-0.15, -0.1) is 11.3 Å². The summed E-state index contributed by atoms with van der Waals surface area (Å²) in [5.74, 6) is -1.15. The van der Waals surface area contributed by atoms with E-state index in [2.05, 4.69) is 35.9 Å². The Kier molecular flexibility index (Phi) is 9.83.